The normalized spacial score (nSPS) is 10.5. The van der Waals surface area contributed by atoms with Crippen molar-refractivity contribution in [3.8, 4) is 5.88 Å². The second-order valence-corrected chi connectivity index (χ2v) is 4.49. The Balaban J connectivity index is 1.80. The minimum absolute atomic E-state index is 0.155. The first kappa shape index (κ1) is 13.1. The van der Waals surface area contributed by atoms with Crippen LogP contribution in [0.1, 0.15) is 15.9 Å². The predicted molar refractivity (Wildman–Crippen MR) is 76.8 cm³/mol. The molecule has 0 bridgehead atoms. The number of esters is 1. The molecule has 5 heteroatoms. The Labute approximate surface area is 120 Å². The summed E-state index contributed by atoms with van der Waals surface area (Å²) in [5, 5.41) is 10.1. The zero-order valence-corrected chi connectivity index (χ0v) is 11.1. The molecule has 2 aromatic carbocycles. The molecule has 0 spiro atoms. The van der Waals surface area contributed by atoms with Crippen LogP contribution >= 0.6 is 0 Å². The first-order valence-electron chi connectivity index (χ1n) is 6.39. The lowest BCUT2D eigenvalue weighted by Gasteiger charge is -2.06. The smallest absolute Gasteiger partial charge is 0.338 e. The molecule has 0 saturated carbocycles. The second-order valence-electron chi connectivity index (χ2n) is 4.49. The maximum atomic E-state index is 12.0. The van der Waals surface area contributed by atoms with Gasteiger partial charge in [0.2, 0.25) is 5.88 Å². The van der Waals surface area contributed by atoms with Crippen LogP contribution in [0.4, 0.5) is 0 Å². The fraction of sp³-hybridized carbons (Fsp3) is 0.0625. The second kappa shape index (κ2) is 5.58. The van der Waals surface area contributed by atoms with Crippen LogP contribution in [0.3, 0.4) is 0 Å². The number of ether oxygens (including phenoxy) is 1. The molecule has 0 saturated heterocycles. The molecular formula is C16H12N2O3. The van der Waals surface area contributed by atoms with Gasteiger partial charge in [-0.2, -0.15) is 0 Å². The molecule has 3 rings (SSSR count). The van der Waals surface area contributed by atoms with Gasteiger partial charge in [0, 0.05) is 0 Å². The van der Waals surface area contributed by atoms with E-state index < -0.39 is 5.97 Å². The minimum Gasteiger partial charge on any atom is -0.493 e. The van der Waals surface area contributed by atoms with Gasteiger partial charge in [-0.25, -0.2) is 14.8 Å². The summed E-state index contributed by atoms with van der Waals surface area (Å²) in [5.74, 6) is -0.610. The van der Waals surface area contributed by atoms with Crippen molar-refractivity contribution in [2.75, 3.05) is 0 Å². The Morgan fingerprint density at radius 1 is 1.10 bits per heavy atom. The van der Waals surface area contributed by atoms with Gasteiger partial charge < -0.3 is 9.84 Å². The maximum absolute atomic E-state index is 12.0. The third-order valence-electron chi connectivity index (χ3n) is 3.06. The number of hydrogen-bond acceptors (Lipinski definition) is 5. The van der Waals surface area contributed by atoms with E-state index in [1.165, 1.54) is 12.4 Å². The monoisotopic (exact) mass is 280 g/mol. The van der Waals surface area contributed by atoms with Crippen LogP contribution in [0, 0.1) is 0 Å². The summed E-state index contributed by atoms with van der Waals surface area (Å²) in [6, 6.07) is 14.2. The number of hydrogen-bond donors (Lipinski definition) is 1. The molecular weight excluding hydrogens is 268 g/mol. The van der Waals surface area contributed by atoms with E-state index in [-0.39, 0.29) is 12.5 Å². The number of nitrogens with zero attached hydrogens (tertiary/aromatic N) is 2. The van der Waals surface area contributed by atoms with Crippen LogP contribution in [0.2, 0.25) is 0 Å². The van der Waals surface area contributed by atoms with Gasteiger partial charge >= 0.3 is 5.97 Å². The lowest BCUT2D eigenvalue weighted by molar-refractivity contribution is 0.0473. The van der Waals surface area contributed by atoms with E-state index >= 15 is 0 Å². The number of aromatic nitrogens is 2. The van der Waals surface area contributed by atoms with Crippen LogP contribution in [-0.4, -0.2) is 21.0 Å². The van der Waals surface area contributed by atoms with Crippen LogP contribution in [0.5, 0.6) is 5.88 Å². The molecule has 1 heterocycles. The van der Waals surface area contributed by atoms with E-state index in [1.54, 1.807) is 12.1 Å². The van der Waals surface area contributed by atoms with Crippen molar-refractivity contribution in [3.05, 3.63) is 66.0 Å². The summed E-state index contributed by atoms with van der Waals surface area (Å²) < 4.78 is 5.24. The highest BCUT2D eigenvalue weighted by atomic mass is 16.5. The van der Waals surface area contributed by atoms with Crippen LogP contribution in [0.25, 0.3) is 10.9 Å². The van der Waals surface area contributed by atoms with Gasteiger partial charge in [-0.1, -0.05) is 30.3 Å². The molecule has 104 valence electrons. The minimum atomic E-state index is -0.455. The molecule has 0 aliphatic heterocycles. The summed E-state index contributed by atoms with van der Waals surface area (Å²) in [6.45, 7) is 0.203. The molecule has 0 fully saturated rings. The number of benzene rings is 2. The largest absolute Gasteiger partial charge is 0.493 e. The Morgan fingerprint density at radius 3 is 2.71 bits per heavy atom. The highest BCUT2D eigenvalue weighted by molar-refractivity contribution is 5.95. The van der Waals surface area contributed by atoms with Crippen molar-refractivity contribution in [3.63, 3.8) is 0 Å². The molecule has 21 heavy (non-hydrogen) atoms. The average Bonchev–Trinajstić information content (AvgIpc) is 2.54. The van der Waals surface area contributed by atoms with Crippen molar-refractivity contribution in [1.29, 1.82) is 0 Å². The fourth-order valence-corrected chi connectivity index (χ4v) is 1.98. The van der Waals surface area contributed by atoms with Gasteiger partial charge in [-0.3, -0.25) is 0 Å². The summed E-state index contributed by atoms with van der Waals surface area (Å²) in [4.78, 5) is 19.7. The van der Waals surface area contributed by atoms with E-state index in [4.69, 9.17) is 4.74 Å². The van der Waals surface area contributed by atoms with Gasteiger partial charge in [0.05, 0.1) is 16.5 Å². The van der Waals surface area contributed by atoms with E-state index in [0.29, 0.717) is 16.5 Å². The van der Waals surface area contributed by atoms with Crippen molar-refractivity contribution in [1.82, 2.24) is 9.97 Å². The summed E-state index contributed by atoms with van der Waals surface area (Å²) in [5.41, 5.74) is 1.84. The average molecular weight is 280 g/mol. The number of aromatic hydroxyl groups is 1. The molecule has 0 amide bonds. The molecule has 5 nitrogen and oxygen atoms in total. The Hall–Kier alpha value is -2.95. The number of carbonyl (C=O) groups excluding carboxylic acids is 1. The van der Waals surface area contributed by atoms with Crippen LogP contribution in [0.15, 0.2) is 54.9 Å². The standard InChI is InChI=1S/C16H12N2O3/c19-15-13-8-12(6-7-14(13)17-10-18-15)16(20)21-9-11-4-2-1-3-5-11/h1-8,10H,9H2,(H,17,18,19). The molecule has 0 aliphatic carbocycles. The predicted octanol–water partition coefficient (Wildman–Crippen LogP) is 2.69. The van der Waals surface area contributed by atoms with Gasteiger partial charge in [-0.05, 0) is 23.8 Å². The van der Waals surface area contributed by atoms with Gasteiger partial charge in [-0.15, -0.1) is 0 Å². The third-order valence-corrected chi connectivity index (χ3v) is 3.06. The Morgan fingerprint density at radius 2 is 1.90 bits per heavy atom. The van der Waals surface area contributed by atoms with Gasteiger partial charge in [0.15, 0.2) is 0 Å². The SMILES string of the molecule is O=C(OCc1ccccc1)c1ccc2ncnc(O)c2c1. The first-order valence-corrected chi connectivity index (χ1v) is 6.39. The molecule has 0 atom stereocenters. The number of carbonyl (C=O) groups is 1. The van der Waals surface area contributed by atoms with Crippen molar-refractivity contribution in [2.24, 2.45) is 0 Å². The summed E-state index contributed by atoms with van der Waals surface area (Å²) in [7, 11) is 0. The fourth-order valence-electron chi connectivity index (χ4n) is 1.98. The zero-order valence-electron chi connectivity index (χ0n) is 11.1. The van der Waals surface area contributed by atoms with E-state index in [2.05, 4.69) is 9.97 Å². The van der Waals surface area contributed by atoms with Gasteiger partial charge in [0.25, 0.3) is 0 Å². The number of rotatable bonds is 3. The Kier molecular flexibility index (Phi) is 3.47. The highest BCUT2D eigenvalue weighted by Gasteiger charge is 2.10. The summed E-state index contributed by atoms with van der Waals surface area (Å²) >= 11 is 0. The first-order chi connectivity index (χ1) is 10.2. The maximum Gasteiger partial charge on any atom is 0.338 e. The Bertz CT molecular complexity index is 788. The molecule has 0 unspecified atom stereocenters. The van der Waals surface area contributed by atoms with E-state index in [9.17, 15) is 9.90 Å². The quantitative estimate of drug-likeness (QED) is 0.747. The van der Waals surface area contributed by atoms with Crippen molar-refractivity contribution in [2.45, 2.75) is 6.61 Å². The number of fused-ring (bicyclic) bond motifs is 1. The van der Waals surface area contributed by atoms with E-state index in [1.807, 2.05) is 30.3 Å². The van der Waals surface area contributed by atoms with E-state index in [0.717, 1.165) is 5.56 Å². The topological polar surface area (TPSA) is 72.3 Å². The van der Waals surface area contributed by atoms with Gasteiger partial charge in [0.1, 0.15) is 12.9 Å². The van der Waals surface area contributed by atoms with Crippen LogP contribution < -0.4 is 0 Å². The molecule has 3 aromatic rings. The lowest BCUT2D eigenvalue weighted by Crippen LogP contribution is -2.05. The molecule has 1 N–H and O–H groups in total. The third kappa shape index (κ3) is 2.81. The molecule has 1 aromatic heterocycles. The highest BCUT2D eigenvalue weighted by Crippen LogP contribution is 2.21. The molecule has 0 aliphatic rings. The van der Waals surface area contributed by atoms with Crippen molar-refractivity contribution >= 4 is 16.9 Å². The molecule has 0 radical (unpaired) electrons. The zero-order chi connectivity index (χ0) is 14.7. The summed E-state index contributed by atoms with van der Waals surface area (Å²) in [6.07, 6.45) is 1.27. The lowest BCUT2D eigenvalue weighted by atomic mass is 10.1. The van der Waals surface area contributed by atoms with Crippen LogP contribution in [-0.2, 0) is 11.3 Å². The van der Waals surface area contributed by atoms with Crippen molar-refractivity contribution < 1.29 is 14.6 Å².